The fourth-order valence-corrected chi connectivity index (χ4v) is 7.80. The molecule has 0 atom stereocenters. The lowest BCUT2D eigenvalue weighted by Gasteiger charge is -2.14. The van der Waals surface area contributed by atoms with Crippen molar-refractivity contribution < 1.29 is 56.2 Å². The highest BCUT2D eigenvalue weighted by Gasteiger charge is 2.25. The Bertz CT molecular complexity index is 1690. The second-order valence-electron chi connectivity index (χ2n) is 9.56. The molecule has 0 fully saturated rings. The van der Waals surface area contributed by atoms with Gasteiger partial charge in [-0.15, -0.1) is 0 Å². The Hall–Kier alpha value is -3.83. The van der Waals surface area contributed by atoms with Crippen LogP contribution in [0.1, 0.15) is 0 Å². The van der Waals surface area contributed by atoms with E-state index < -0.39 is 19.7 Å². The summed E-state index contributed by atoms with van der Waals surface area (Å²) in [5, 5.41) is 36.4. The molecule has 0 aliphatic heterocycles. The van der Waals surface area contributed by atoms with Crippen molar-refractivity contribution in [3.8, 4) is 23.0 Å². The molecule has 0 saturated heterocycles. The Morgan fingerprint density at radius 2 is 0.809 bits per heavy atom. The van der Waals surface area contributed by atoms with Gasteiger partial charge in [0.2, 0.25) is 19.7 Å². The quantitative estimate of drug-likeness (QED) is 0.118. The van der Waals surface area contributed by atoms with Crippen LogP contribution >= 0.6 is 11.8 Å². The van der Waals surface area contributed by atoms with Crippen molar-refractivity contribution in [3.63, 3.8) is 0 Å². The molecule has 0 radical (unpaired) electrons. The van der Waals surface area contributed by atoms with E-state index >= 15 is 0 Å². The molecular weight excluding hydrogens is 673 g/mol. The first-order chi connectivity index (χ1) is 22.6. The zero-order chi connectivity index (χ0) is 33.9. The number of hydrogen-bond donors (Lipinski definition) is 4. The van der Waals surface area contributed by atoms with Gasteiger partial charge in [0, 0.05) is 21.9 Å². The van der Waals surface area contributed by atoms with E-state index in [1.807, 2.05) is 0 Å². The van der Waals surface area contributed by atoms with Gasteiger partial charge in [-0.1, -0.05) is 11.8 Å². The van der Waals surface area contributed by atoms with Gasteiger partial charge >= 0.3 is 0 Å². The van der Waals surface area contributed by atoms with E-state index in [2.05, 4.69) is 0 Å². The van der Waals surface area contributed by atoms with Crippen molar-refractivity contribution in [1.29, 1.82) is 0 Å². The molecule has 4 aromatic rings. The third kappa shape index (κ3) is 9.16. The van der Waals surface area contributed by atoms with Gasteiger partial charge in [-0.3, -0.25) is 0 Å². The van der Waals surface area contributed by atoms with E-state index in [1.165, 1.54) is 72.4 Å². The Morgan fingerprint density at radius 3 is 1.15 bits per heavy atom. The molecule has 0 aromatic heterocycles. The molecule has 12 nitrogen and oxygen atoms in total. The van der Waals surface area contributed by atoms with E-state index in [4.69, 9.17) is 29.2 Å². The molecule has 4 aromatic carbocycles. The summed E-state index contributed by atoms with van der Waals surface area (Å²) >= 11 is 1.30. The molecule has 0 heterocycles. The Balaban J connectivity index is 1.52. The molecule has 0 aliphatic rings. The zero-order valence-electron chi connectivity index (χ0n) is 25.0. The maximum absolute atomic E-state index is 13.5. The highest BCUT2D eigenvalue weighted by Crippen LogP contribution is 2.36. The summed E-state index contributed by atoms with van der Waals surface area (Å²) in [6.07, 6.45) is 0. The Morgan fingerprint density at radius 1 is 0.468 bits per heavy atom. The summed E-state index contributed by atoms with van der Waals surface area (Å²) in [5.74, 6) is 0.601. The summed E-state index contributed by atoms with van der Waals surface area (Å²) in [6, 6.07) is 20.7. The van der Waals surface area contributed by atoms with Gasteiger partial charge in [0.15, 0.2) is 0 Å². The Kier molecular flexibility index (Phi) is 12.9. The normalized spacial score (nSPS) is 11.7. The van der Waals surface area contributed by atoms with Crippen LogP contribution in [0.25, 0.3) is 0 Å². The lowest BCUT2D eigenvalue weighted by Crippen LogP contribution is -2.09. The molecule has 0 aliphatic carbocycles. The van der Waals surface area contributed by atoms with Crippen LogP contribution in [0.15, 0.2) is 114 Å². The lowest BCUT2D eigenvalue weighted by atomic mass is 10.3. The van der Waals surface area contributed by atoms with Crippen LogP contribution in [0.5, 0.6) is 23.0 Å². The molecule has 4 N–H and O–H groups in total. The average molecular weight is 707 g/mol. The first-order valence-corrected chi connectivity index (χ1v) is 18.0. The number of rotatable bonds is 18. The molecule has 0 bridgehead atoms. The minimum atomic E-state index is -4.02. The summed E-state index contributed by atoms with van der Waals surface area (Å²) in [5.41, 5.74) is 0. The van der Waals surface area contributed by atoms with Crippen LogP contribution in [0.3, 0.4) is 0 Å². The second-order valence-corrected chi connectivity index (χ2v) is 14.5. The first-order valence-electron chi connectivity index (χ1n) is 14.2. The monoisotopic (exact) mass is 706 g/mol. The van der Waals surface area contributed by atoms with Crippen LogP contribution < -0.4 is 18.9 Å². The van der Waals surface area contributed by atoms with Gasteiger partial charge < -0.3 is 39.4 Å². The number of sulfone groups is 2. The molecule has 4 rings (SSSR count). The highest BCUT2D eigenvalue weighted by atomic mass is 32.2. The molecule has 0 amide bonds. The van der Waals surface area contributed by atoms with Gasteiger partial charge in [-0.05, 0) is 72.8 Å². The Labute approximate surface area is 277 Å². The average Bonchev–Trinajstić information content (AvgIpc) is 3.08. The van der Waals surface area contributed by atoms with Crippen LogP contribution in [-0.2, 0) is 19.7 Å². The topological polar surface area (TPSA) is 186 Å². The summed E-state index contributed by atoms with van der Waals surface area (Å²) in [6.45, 7) is -1.33. The summed E-state index contributed by atoms with van der Waals surface area (Å²) in [7, 11) is -8.05. The SMILES string of the molecule is O=S(=O)(c1ccc(Sc2ccc(S(=O)(=O)c3ccc(OCCO)cc3OCCO)cc2)cc1)c1ccc(OCCO)cc1OCCO. The number of benzene rings is 4. The van der Waals surface area contributed by atoms with E-state index in [0.29, 0.717) is 21.3 Å². The summed E-state index contributed by atoms with van der Waals surface area (Å²) in [4.78, 5) is 1.18. The van der Waals surface area contributed by atoms with Crippen molar-refractivity contribution in [2.24, 2.45) is 0 Å². The summed E-state index contributed by atoms with van der Waals surface area (Å²) < 4.78 is 75.6. The van der Waals surface area contributed by atoms with Crippen molar-refractivity contribution >= 4 is 31.4 Å². The highest BCUT2D eigenvalue weighted by molar-refractivity contribution is 7.99. The molecule has 0 saturated carbocycles. The maximum atomic E-state index is 13.5. The fraction of sp³-hybridized carbons (Fsp3) is 0.250. The molecule has 0 spiro atoms. The standard InChI is InChI=1S/C32H34O12S3/c33-13-17-41-23-1-11-31(29(21-23)43-19-15-35)46(37,38)27-7-3-25(4-8-27)45-26-5-9-28(10-6-26)47(39,40)32-12-2-24(42-18-14-34)22-30(32)44-20-16-36/h1-12,21-22,33-36H,13-20H2. The number of hydrogen-bond acceptors (Lipinski definition) is 13. The lowest BCUT2D eigenvalue weighted by molar-refractivity contribution is 0.192. The largest absolute Gasteiger partial charge is 0.491 e. The predicted octanol–water partition coefficient (Wildman–Crippen LogP) is 2.99. The van der Waals surface area contributed by atoms with E-state index in [0.717, 1.165) is 0 Å². The molecule has 252 valence electrons. The third-order valence-electron chi connectivity index (χ3n) is 6.33. The number of ether oxygens (including phenoxy) is 4. The van der Waals surface area contributed by atoms with Crippen LogP contribution in [-0.4, -0.2) is 90.1 Å². The number of aliphatic hydroxyl groups is 4. The second kappa shape index (κ2) is 16.8. The zero-order valence-corrected chi connectivity index (χ0v) is 27.5. The van der Waals surface area contributed by atoms with Gasteiger partial charge in [-0.2, -0.15) is 0 Å². The van der Waals surface area contributed by atoms with E-state index in [1.54, 1.807) is 24.3 Å². The van der Waals surface area contributed by atoms with Crippen molar-refractivity contribution in [2.75, 3.05) is 52.9 Å². The van der Waals surface area contributed by atoms with Crippen LogP contribution in [0.4, 0.5) is 0 Å². The van der Waals surface area contributed by atoms with Crippen LogP contribution in [0.2, 0.25) is 0 Å². The van der Waals surface area contributed by atoms with Gasteiger partial charge in [0.1, 0.15) is 59.2 Å². The smallest absolute Gasteiger partial charge is 0.210 e. The molecule has 47 heavy (non-hydrogen) atoms. The van der Waals surface area contributed by atoms with E-state index in [-0.39, 0.29) is 83.9 Å². The predicted molar refractivity (Wildman–Crippen MR) is 171 cm³/mol. The fourth-order valence-electron chi connectivity index (χ4n) is 4.23. The van der Waals surface area contributed by atoms with Crippen molar-refractivity contribution in [3.05, 3.63) is 84.9 Å². The van der Waals surface area contributed by atoms with Crippen molar-refractivity contribution in [1.82, 2.24) is 0 Å². The van der Waals surface area contributed by atoms with Gasteiger partial charge in [0.05, 0.1) is 36.2 Å². The van der Waals surface area contributed by atoms with Gasteiger partial charge in [0.25, 0.3) is 0 Å². The first kappa shape index (κ1) is 36.0. The maximum Gasteiger partial charge on any atom is 0.210 e. The van der Waals surface area contributed by atoms with Crippen LogP contribution in [0, 0.1) is 0 Å². The third-order valence-corrected chi connectivity index (χ3v) is 11.0. The molecule has 15 heteroatoms. The minimum absolute atomic E-state index is 0.000960. The number of aliphatic hydroxyl groups excluding tert-OH is 4. The van der Waals surface area contributed by atoms with E-state index in [9.17, 15) is 27.0 Å². The van der Waals surface area contributed by atoms with Gasteiger partial charge in [-0.25, -0.2) is 16.8 Å². The molecule has 0 unspecified atom stereocenters. The molecular formula is C32H34O12S3. The minimum Gasteiger partial charge on any atom is -0.491 e. The van der Waals surface area contributed by atoms with Crippen molar-refractivity contribution in [2.45, 2.75) is 29.4 Å².